The van der Waals surface area contributed by atoms with Gasteiger partial charge in [0.05, 0.1) is 12.7 Å². The Balaban J connectivity index is 2.85. The number of ether oxygens (including phenoxy) is 2. The van der Waals surface area contributed by atoms with Crippen LogP contribution in [0.2, 0.25) is 0 Å². The van der Waals surface area contributed by atoms with Crippen LogP contribution in [0.4, 0.5) is 0 Å². The molecule has 0 fully saturated rings. The largest absolute Gasteiger partial charge is 0.496 e. The fourth-order valence-electron chi connectivity index (χ4n) is 1.84. The molecule has 0 heterocycles. The Kier molecular flexibility index (Phi) is 7.98. The lowest BCUT2D eigenvalue weighted by atomic mass is 10.1. The van der Waals surface area contributed by atoms with Crippen molar-refractivity contribution in [1.82, 2.24) is 5.32 Å². The molecule has 0 spiro atoms. The normalized spacial score (nSPS) is 12.6. The lowest BCUT2D eigenvalue weighted by Crippen LogP contribution is -2.43. The topological polar surface area (TPSA) is 88.4 Å². The lowest BCUT2D eigenvalue weighted by molar-refractivity contribution is -0.148. The molecule has 0 radical (unpaired) electrons. The average Bonchev–Trinajstić information content (AvgIpc) is 2.57. The van der Waals surface area contributed by atoms with Gasteiger partial charge < -0.3 is 14.8 Å². The predicted octanol–water partition coefficient (Wildman–Crippen LogP) is 2.00. The van der Waals surface area contributed by atoms with Gasteiger partial charge in [-0.15, -0.1) is 0 Å². The van der Waals surface area contributed by atoms with Gasteiger partial charge in [-0.05, 0) is 37.5 Å². The van der Waals surface area contributed by atoms with Crippen molar-refractivity contribution >= 4 is 23.6 Å². The number of hydrogen-bond acceptors (Lipinski definition) is 6. The Bertz CT molecular complexity index is 586. The molecule has 0 aliphatic heterocycles. The molecule has 1 aromatic carbocycles. The summed E-state index contributed by atoms with van der Waals surface area (Å²) in [6.45, 7) is 1.48. The smallest absolute Gasteiger partial charge is 0.329 e. The Hall–Kier alpha value is -2.20. The van der Waals surface area contributed by atoms with Crippen LogP contribution in [0.15, 0.2) is 24.3 Å². The Morgan fingerprint density at radius 3 is 2.70 bits per heavy atom. The first-order chi connectivity index (χ1) is 11.0. The fraction of sp³-hybridized carbons (Fsp3) is 0.438. The summed E-state index contributed by atoms with van der Waals surface area (Å²) in [7, 11) is 1.47. The van der Waals surface area contributed by atoms with Gasteiger partial charge in [-0.1, -0.05) is 12.1 Å². The van der Waals surface area contributed by atoms with Crippen molar-refractivity contribution in [3.05, 3.63) is 29.8 Å². The summed E-state index contributed by atoms with van der Waals surface area (Å²) in [5.41, 5.74) is 0.338. The van der Waals surface area contributed by atoms with E-state index in [0.717, 1.165) is 0 Å². The molecular weight excluding hydrogens is 316 g/mol. The number of methoxy groups -OCH3 is 1. The van der Waals surface area contributed by atoms with E-state index >= 15 is 0 Å². The van der Waals surface area contributed by atoms with Crippen LogP contribution in [-0.4, -0.2) is 43.1 Å². The van der Waals surface area contributed by atoms with Gasteiger partial charge in [0.2, 0.25) is 0 Å². The number of carbonyl (C=O) groups is 2. The van der Waals surface area contributed by atoms with Crippen LogP contribution >= 0.6 is 11.8 Å². The number of para-hydroxylation sites is 1. The Labute approximate surface area is 140 Å². The van der Waals surface area contributed by atoms with E-state index in [0.29, 0.717) is 23.5 Å². The van der Waals surface area contributed by atoms with Crippen molar-refractivity contribution in [2.45, 2.75) is 25.5 Å². The second-order valence-electron chi connectivity index (χ2n) is 4.72. The minimum Gasteiger partial charge on any atom is -0.496 e. The highest BCUT2D eigenvalue weighted by atomic mass is 32.2. The van der Waals surface area contributed by atoms with Crippen LogP contribution in [0.1, 0.15) is 23.7 Å². The number of amides is 1. The summed E-state index contributed by atoms with van der Waals surface area (Å²) in [4.78, 5) is 24.5. The van der Waals surface area contributed by atoms with Gasteiger partial charge >= 0.3 is 5.97 Å². The predicted molar refractivity (Wildman–Crippen MR) is 88.4 cm³/mol. The number of esters is 1. The number of nitriles is 1. The second-order valence-corrected chi connectivity index (χ2v) is 5.70. The highest BCUT2D eigenvalue weighted by Gasteiger charge is 2.25. The van der Waals surface area contributed by atoms with E-state index in [1.54, 1.807) is 36.0 Å². The van der Waals surface area contributed by atoms with Gasteiger partial charge in [-0.25, -0.2) is 4.79 Å². The van der Waals surface area contributed by atoms with Gasteiger partial charge in [-0.2, -0.15) is 17.0 Å². The van der Waals surface area contributed by atoms with E-state index in [2.05, 4.69) is 5.32 Å². The van der Waals surface area contributed by atoms with E-state index in [-0.39, 0.29) is 0 Å². The first kappa shape index (κ1) is 18.8. The van der Waals surface area contributed by atoms with Crippen molar-refractivity contribution in [1.29, 1.82) is 5.26 Å². The summed E-state index contributed by atoms with van der Waals surface area (Å²) < 4.78 is 10.1. The van der Waals surface area contributed by atoms with E-state index in [1.807, 2.05) is 12.3 Å². The molecule has 6 nitrogen and oxygen atoms in total. The molecule has 0 aliphatic carbocycles. The van der Waals surface area contributed by atoms with Crippen LogP contribution < -0.4 is 10.1 Å². The third-order valence-corrected chi connectivity index (χ3v) is 3.67. The maximum atomic E-state index is 12.4. The molecule has 124 valence electrons. The molecule has 0 aliphatic rings. The molecule has 0 aromatic heterocycles. The molecule has 1 amide bonds. The standard InChI is InChI=1S/C16H20N2O4S/c1-11(10-17)22-16(20)13(8-9-23-3)18-15(19)12-6-4-5-7-14(12)21-2/h4-7,11,13H,8-9H2,1-3H3,(H,18,19)/t11-,13-/m0/s1. The minimum atomic E-state index is -0.859. The maximum absolute atomic E-state index is 12.4. The quantitative estimate of drug-likeness (QED) is 0.731. The summed E-state index contributed by atoms with van der Waals surface area (Å²) >= 11 is 1.55. The number of rotatable bonds is 8. The average molecular weight is 336 g/mol. The van der Waals surface area contributed by atoms with E-state index in [1.165, 1.54) is 14.0 Å². The molecule has 7 heteroatoms. The van der Waals surface area contributed by atoms with E-state index in [4.69, 9.17) is 14.7 Å². The fourth-order valence-corrected chi connectivity index (χ4v) is 2.31. The van der Waals surface area contributed by atoms with Crippen molar-refractivity contribution in [3.63, 3.8) is 0 Å². The molecule has 0 saturated carbocycles. The first-order valence-corrected chi connectivity index (χ1v) is 8.45. The zero-order valence-electron chi connectivity index (χ0n) is 13.4. The lowest BCUT2D eigenvalue weighted by Gasteiger charge is -2.18. The highest BCUT2D eigenvalue weighted by Crippen LogP contribution is 2.17. The van der Waals surface area contributed by atoms with Gasteiger partial charge in [-0.3, -0.25) is 4.79 Å². The molecule has 1 rings (SSSR count). The summed E-state index contributed by atoms with van der Waals surface area (Å²) in [5, 5.41) is 11.4. The van der Waals surface area contributed by atoms with Crippen molar-refractivity contribution in [3.8, 4) is 11.8 Å². The van der Waals surface area contributed by atoms with E-state index in [9.17, 15) is 9.59 Å². The highest BCUT2D eigenvalue weighted by molar-refractivity contribution is 7.98. The van der Waals surface area contributed by atoms with Crippen LogP contribution in [-0.2, 0) is 9.53 Å². The van der Waals surface area contributed by atoms with Crippen molar-refractivity contribution in [2.24, 2.45) is 0 Å². The van der Waals surface area contributed by atoms with Crippen LogP contribution in [0.3, 0.4) is 0 Å². The molecule has 1 aromatic rings. The SMILES string of the molecule is COc1ccccc1C(=O)N[C@@H](CCSC)C(=O)O[C@@H](C)C#N. The number of nitrogens with zero attached hydrogens (tertiary/aromatic N) is 1. The maximum Gasteiger partial charge on any atom is 0.329 e. The second kappa shape index (κ2) is 9.74. The number of hydrogen-bond donors (Lipinski definition) is 1. The van der Waals surface area contributed by atoms with E-state index < -0.39 is 24.0 Å². The van der Waals surface area contributed by atoms with Gasteiger partial charge in [0.25, 0.3) is 5.91 Å². The van der Waals surface area contributed by atoms with Crippen LogP contribution in [0, 0.1) is 11.3 Å². The summed E-state index contributed by atoms with van der Waals surface area (Å²) in [5.74, 6) is 0.0613. The monoisotopic (exact) mass is 336 g/mol. The molecular formula is C16H20N2O4S. The van der Waals surface area contributed by atoms with Crippen LogP contribution in [0.25, 0.3) is 0 Å². The molecule has 0 bridgehead atoms. The van der Waals surface area contributed by atoms with Crippen molar-refractivity contribution < 1.29 is 19.1 Å². The van der Waals surface area contributed by atoms with Gasteiger partial charge in [0.1, 0.15) is 17.9 Å². The number of thioether (sulfide) groups is 1. The number of nitrogens with one attached hydrogen (secondary N) is 1. The Morgan fingerprint density at radius 2 is 2.09 bits per heavy atom. The molecule has 0 unspecified atom stereocenters. The summed E-state index contributed by atoms with van der Waals surface area (Å²) in [6, 6.07) is 7.77. The third kappa shape index (κ3) is 5.83. The Morgan fingerprint density at radius 1 is 1.39 bits per heavy atom. The third-order valence-electron chi connectivity index (χ3n) is 3.03. The van der Waals surface area contributed by atoms with Gasteiger partial charge in [0.15, 0.2) is 6.10 Å². The molecule has 1 N–H and O–H groups in total. The zero-order valence-corrected chi connectivity index (χ0v) is 14.2. The first-order valence-electron chi connectivity index (χ1n) is 7.06. The summed E-state index contributed by atoms with van der Waals surface area (Å²) in [6.07, 6.45) is 1.46. The zero-order chi connectivity index (χ0) is 17.2. The molecule has 2 atom stereocenters. The van der Waals surface area contributed by atoms with Crippen molar-refractivity contribution in [2.75, 3.05) is 19.1 Å². The van der Waals surface area contributed by atoms with Gasteiger partial charge in [0, 0.05) is 0 Å². The number of benzene rings is 1. The molecule has 23 heavy (non-hydrogen) atoms. The van der Waals surface area contributed by atoms with Crippen LogP contribution in [0.5, 0.6) is 5.75 Å². The minimum absolute atomic E-state index is 0.338. The molecule has 0 saturated heterocycles. The number of carbonyl (C=O) groups excluding carboxylic acids is 2.